The minimum Gasteiger partial charge on any atom is -0.393 e. The Bertz CT molecular complexity index is 148. The third kappa shape index (κ3) is 8.57. The minimum absolute atomic E-state index is 0.121. The molecule has 0 spiro atoms. The molecule has 14 heavy (non-hydrogen) atoms. The first-order valence-electron chi connectivity index (χ1n) is 5.54. The van der Waals surface area contributed by atoms with Gasteiger partial charge in [-0.3, -0.25) is 4.79 Å². The van der Waals surface area contributed by atoms with Crippen LogP contribution in [0.2, 0.25) is 0 Å². The largest absolute Gasteiger partial charge is 0.393 e. The highest BCUT2D eigenvalue weighted by atomic mass is 32.2. The predicted octanol–water partition coefficient (Wildman–Crippen LogP) is 2.99. The Labute approximate surface area is 91.5 Å². The van der Waals surface area contributed by atoms with E-state index >= 15 is 0 Å². The molecule has 0 rings (SSSR count). The maximum absolute atomic E-state index is 11.1. The van der Waals surface area contributed by atoms with Crippen molar-refractivity contribution in [2.75, 3.05) is 5.75 Å². The number of aliphatic hydroxyl groups is 1. The zero-order valence-electron chi connectivity index (χ0n) is 9.29. The molecule has 0 bridgehead atoms. The van der Waals surface area contributed by atoms with Crippen molar-refractivity contribution in [3.63, 3.8) is 0 Å². The minimum atomic E-state index is -0.418. The van der Waals surface area contributed by atoms with Gasteiger partial charge in [-0.15, -0.1) is 0 Å². The number of rotatable bonds is 8. The Morgan fingerprint density at radius 2 is 2.00 bits per heavy atom. The van der Waals surface area contributed by atoms with Gasteiger partial charge < -0.3 is 5.11 Å². The fourth-order valence-electron chi connectivity index (χ4n) is 1.32. The molecule has 0 radical (unpaired) electrons. The second-order valence-corrected chi connectivity index (χ2v) is 4.83. The molecule has 1 unspecified atom stereocenters. The molecule has 3 heteroatoms. The van der Waals surface area contributed by atoms with Gasteiger partial charge in [0.25, 0.3) is 0 Å². The van der Waals surface area contributed by atoms with Crippen molar-refractivity contribution in [1.29, 1.82) is 0 Å². The van der Waals surface area contributed by atoms with Gasteiger partial charge in [-0.05, 0) is 12.2 Å². The third-order valence-corrected chi connectivity index (χ3v) is 2.88. The normalized spacial score (nSPS) is 12.8. The van der Waals surface area contributed by atoms with E-state index in [4.69, 9.17) is 0 Å². The molecule has 0 aliphatic carbocycles. The molecule has 0 amide bonds. The smallest absolute Gasteiger partial charge is 0.191 e. The first kappa shape index (κ1) is 14.0. The molecule has 0 aliphatic rings. The van der Waals surface area contributed by atoms with E-state index < -0.39 is 6.10 Å². The summed E-state index contributed by atoms with van der Waals surface area (Å²) >= 11 is 1.30. The summed E-state index contributed by atoms with van der Waals surface area (Å²) in [5, 5.41) is 9.63. The first-order valence-corrected chi connectivity index (χ1v) is 6.52. The zero-order valence-corrected chi connectivity index (χ0v) is 10.1. The molecule has 0 aromatic carbocycles. The molecule has 0 saturated heterocycles. The zero-order chi connectivity index (χ0) is 10.8. The number of aliphatic hydroxyl groups excluding tert-OH is 1. The molecular weight excluding hydrogens is 196 g/mol. The van der Waals surface area contributed by atoms with Crippen LogP contribution in [0.1, 0.15) is 52.4 Å². The number of unbranched alkanes of at least 4 members (excludes halogenated alkanes) is 3. The summed E-state index contributed by atoms with van der Waals surface area (Å²) in [5.41, 5.74) is 0. The van der Waals surface area contributed by atoms with E-state index in [-0.39, 0.29) is 5.12 Å². The van der Waals surface area contributed by atoms with E-state index in [0.717, 1.165) is 18.6 Å². The summed E-state index contributed by atoms with van der Waals surface area (Å²) in [6.07, 6.45) is 5.33. The van der Waals surface area contributed by atoms with Crippen LogP contribution in [0.5, 0.6) is 0 Å². The Kier molecular flexibility index (Phi) is 9.52. The summed E-state index contributed by atoms with van der Waals surface area (Å²) < 4.78 is 0. The molecule has 0 aliphatic heterocycles. The second kappa shape index (κ2) is 9.53. The van der Waals surface area contributed by atoms with Crippen LogP contribution in [-0.2, 0) is 4.79 Å². The lowest BCUT2D eigenvalue weighted by Gasteiger charge is -2.08. The first-order chi connectivity index (χ1) is 6.70. The van der Waals surface area contributed by atoms with E-state index in [9.17, 15) is 9.90 Å². The van der Waals surface area contributed by atoms with Gasteiger partial charge in [0.2, 0.25) is 0 Å². The van der Waals surface area contributed by atoms with Gasteiger partial charge in [0.1, 0.15) is 0 Å². The van der Waals surface area contributed by atoms with Crippen LogP contribution in [-0.4, -0.2) is 22.1 Å². The van der Waals surface area contributed by atoms with Crippen LogP contribution < -0.4 is 0 Å². The van der Waals surface area contributed by atoms with E-state index in [1.807, 2.05) is 6.92 Å². The molecule has 0 fully saturated rings. The van der Waals surface area contributed by atoms with Crippen LogP contribution in [0.15, 0.2) is 0 Å². The van der Waals surface area contributed by atoms with Gasteiger partial charge >= 0.3 is 0 Å². The summed E-state index contributed by atoms with van der Waals surface area (Å²) in [6, 6.07) is 0. The lowest BCUT2D eigenvalue weighted by molar-refractivity contribution is -0.112. The molecule has 1 atom stereocenters. The molecule has 0 heterocycles. The van der Waals surface area contributed by atoms with Crippen LogP contribution in [0.25, 0.3) is 0 Å². The van der Waals surface area contributed by atoms with Crippen molar-refractivity contribution in [2.24, 2.45) is 0 Å². The van der Waals surface area contributed by atoms with Crippen molar-refractivity contribution < 1.29 is 9.90 Å². The highest BCUT2D eigenvalue weighted by Gasteiger charge is 2.09. The van der Waals surface area contributed by atoms with E-state index in [2.05, 4.69) is 6.92 Å². The molecule has 0 aromatic heterocycles. The van der Waals surface area contributed by atoms with Crippen molar-refractivity contribution in [3.8, 4) is 0 Å². The highest BCUT2D eigenvalue weighted by Crippen LogP contribution is 2.12. The number of carbonyl (C=O) groups excluding carboxylic acids is 1. The monoisotopic (exact) mass is 218 g/mol. The standard InChI is InChI=1S/C11H22O2S/c1-3-5-6-7-8-10(12)9-11(13)14-4-2/h10,12H,3-9H2,1-2H3. The summed E-state index contributed by atoms with van der Waals surface area (Å²) in [7, 11) is 0. The Hall–Kier alpha value is -0.0200. The van der Waals surface area contributed by atoms with E-state index in [0.29, 0.717) is 6.42 Å². The summed E-state index contributed by atoms with van der Waals surface area (Å²) in [6.45, 7) is 4.12. The maximum atomic E-state index is 11.1. The fourth-order valence-corrected chi connectivity index (χ4v) is 1.95. The van der Waals surface area contributed by atoms with Crippen LogP contribution >= 0.6 is 11.8 Å². The van der Waals surface area contributed by atoms with Gasteiger partial charge in [-0.2, -0.15) is 0 Å². The van der Waals surface area contributed by atoms with Gasteiger partial charge in [-0.25, -0.2) is 0 Å². The molecule has 0 aromatic rings. The topological polar surface area (TPSA) is 37.3 Å². The fraction of sp³-hybridized carbons (Fsp3) is 0.909. The van der Waals surface area contributed by atoms with Crippen molar-refractivity contribution >= 4 is 16.9 Å². The molecule has 1 N–H and O–H groups in total. The maximum Gasteiger partial charge on any atom is 0.191 e. The molecular formula is C11H22O2S. The lowest BCUT2D eigenvalue weighted by atomic mass is 10.1. The van der Waals surface area contributed by atoms with Gasteiger partial charge in [0.15, 0.2) is 5.12 Å². The van der Waals surface area contributed by atoms with Gasteiger partial charge in [-0.1, -0.05) is 51.3 Å². The van der Waals surface area contributed by atoms with E-state index in [1.54, 1.807) is 0 Å². The lowest BCUT2D eigenvalue weighted by Crippen LogP contribution is -2.11. The SMILES string of the molecule is CCCCCCC(O)CC(=O)SCC. The number of hydrogen-bond acceptors (Lipinski definition) is 3. The van der Waals surface area contributed by atoms with Gasteiger partial charge in [0, 0.05) is 6.42 Å². The van der Waals surface area contributed by atoms with Crippen LogP contribution in [0.3, 0.4) is 0 Å². The average Bonchev–Trinajstić information content (AvgIpc) is 2.13. The highest BCUT2D eigenvalue weighted by molar-refractivity contribution is 8.13. The van der Waals surface area contributed by atoms with Crippen molar-refractivity contribution in [3.05, 3.63) is 0 Å². The number of carbonyl (C=O) groups is 1. The Morgan fingerprint density at radius 1 is 1.29 bits per heavy atom. The molecule has 2 nitrogen and oxygen atoms in total. The summed E-state index contributed by atoms with van der Waals surface area (Å²) in [5.74, 6) is 0.807. The Balaban J connectivity index is 3.35. The van der Waals surface area contributed by atoms with Gasteiger partial charge in [0.05, 0.1) is 6.10 Å². The summed E-state index contributed by atoms with van der Waals surface area (Å²) in [4.78, 5) is 11.1. The van der Waals surface area contributed by atoms with Crippen LogP contribution in [0.4, 0.5) is 0 Å². The van der Waals surface area contributed by atoms with Crippen molar-refractivity contribution in [2.45, 2.75) is 58.5 Å². The predicted molar refractivity (Wildman–Crippen MR) is 62.5 cm³/mol. The second-order valence-electron chi connectivity index (χ2n) is 3.51. The molecule has 0 saturated carbocycles. The van der Waals surface area contributed by atoms with Crippen LogP contribution in [0, 0.1) is 0 Å². The van der Waals surface area contributed by atoms with E-state index in [1.165, 1.54) is 31.0 Å². The van der Waals surface area contributed by atoms with Crippen molar-refractivity contribution in [1.82, 2.24) is 0 Å². The third-order valence-electron chi connectivity index (χ3n) is 2.10. The average molecular weight is 218 g/mol. The quantitative estimate of drug-likeness (QED) is 0.636. The molecule has 84 valence electrons. The Morgan fingerprint density at radius 3 is 2.57 bits per heavy atom. The number of thioether (sulfide) groups is 1. The number of hydrogen-bond donors (Lipinski definition) is 1.